The molecule has 0 aromatic heterocycles. The van der Waals surface area contributed by atoms with Gasteiger partial charge in [-0.25, -0.2) is 0 Å². The Morgan fingerprint density at radius 2 is 1.37 bits per heavy atom. The number of piperidine rings is 2. The first kappa shape index (κ1) is 23.4. The monoisotopic (exact) mass is 483 g/mol. The Morgan fingerprint density at radius 1 is 0.800 bits per heavy atom. The third kappa shape index (κ3) is 5.04. The molecule has 3 aliphatic rings. The molecule has 0 amide bonds. The van der Waals surface area contributed by atoms with Gasteiger partial charge in [0.1, 0.15) is 12.5 Å². The number of halogens is 3. The van der Waals surface area contributed by atoms with E-state index in [0.29, 0.717) is 30.6 Å². The number of nitriles is 1. The van der Waals surface area contributed by atoms with Crippen molar-refractivity contribution in [3.8, 4) is 6.07 Å². The molecule has 5 nitrogen and oxygen atoms in total. The second kappa shape index (κ2) is 9.73. The fourth-order valence-corrected chi connectivity index (χ4v) is 5.39. The molecule has 2 fully saturated rings. The van der Waals surface area contributed by atoms with Crippen LogP contribution < -0.4 is 9.80 Å². The topological polar surface area (TPSA) is 48.7 Å². The molecule has 5 rings (SSSR count). The van der Waals surface area contributed by atoms with Crippen LogP contribution in [0.2, 0.25) is 0 Å². The summed E-state index contributed by atoms with van der Waals surface area (Å²) in [6, 6.07) is 14.4. The SMILES string of the molecule is N#Cc1ccc(N2CCC(c3ccc(N4CCC(C5OC=CO5)CC4)cc3)CC2)cc1C(F)(F)F. The van der Waals surface area contributed by atoms with Crippen LogP contribution in [-0.2, 0) is 15.7 Å². The number of hydrogen-bond acceptors (Lipinski definition) is 5. The third-order valence-electron chi connectivity index (χ3n) is 7.42. The molecule has 184 valence electrons. The summed E-state index contributed by atoms with van der Waals surface area (Å²) in [4.78, 5) is 4.38. The van der Waals surface area contributed by atoms with Gasteiger partial charge in [-0.1, -0.05) is 12.1 Å². The maximum absolute atomic E-state index is 13.3. The summed E-state index contributed by atoms with van der Waals surface area (Å²) in [6.07, 6.45) is 2.36. The summed E-state index contributed by atoms with van der Waals surface area (Å²) in [5, 5.41) is 9.02. The molecule has 35 heavy (non-hydrogen) atoms. The van der Waals surface area contributed by atoms with Crippen molar-refractivity contribution in [1.29, 1.82) is 5.26 Å². The molecular formula is C27H28F3N3O2. The molecule has 2 aromatic rings. The van der Waals surface area contributed by atoms with Crippen molar-refractivity contribution in [2.45, 2.75) is 44.1 Å². The largest absolute Gasteiger partial charge is 0.459 e. The summed E-state index contributed by atoms with van der Waals surface area (Å²) in [5.74, 6) is 0.796. The zero-order valence-electron chi connectivity index (χ0n) is 19.4. The Morgan fingerprint density at radius 3 is 1.97 bits per heavy atom. The smallest absolute Gasteiger partial charge is 0.417 e. The normalized spacial score (nSPS) is 19.9. The molecule has 2 aromatic carbocycles. The molecule has 8 heteroatoms. The van der Waals surface area contributed by atoms with Crippen molar-refractivity contribution < 1.29 is 22.6 Å². The number of nitrogens with zero attached hydrogens (tertiary/aromatic N) is 3. The summed E-state index contributed by atoms with van der Waals surface area (Å²) < 4.78 is 51.0. The van der Waals surface area contributed by atoms with E-state index >= 15 is 0 Å². The summed E-state index contributed by atoms with van der Waals surface area (Å²) in [7, 11) is 0. The van der Waals surface area contributed by atoms with E-state index in [1.807, 2.05) is 4.90 Å². The van der Waals surface area contributed by atoms with Gasteiger partial charge < -0.3 is 19.3 Å². The standard InChI is InChI=1S/C27H28F3N3O2/c28-27(29,30)25-17-24(6-3-22(25)18-31)33-11-7-20(8-12-33)19-1-4-23(5-2-19)32-13-9-21(10-14-32)26-34-15-16-35-26/h1-6,15-17,20-21,26H,7-14H2. The molecule has 0 unspecified atom stereocenters. The van der Waals surface area contributed by atoms with E-state index in [1.165, 1.54) is 17.3 Å². The minimum atomic E-state index is -4.54. The van der Waals surface area contributed by atoms with E-state index in [4.69, 9.17) is 14.7 Å². The molecule has 0 aliphatic carbocycles. The minimum Gasteiger partial charge on any atom is -0.459 e. The molecule has 0 bridgehead atoms. The van der Waals surface area contributed by atoms with Crippen LogP contribution in [0.15, 0.2) is 55.0 Å². The molecule has 0 saturated carbocycles. The number of benzene rings is 2. The lowest BCUT2D eigenvalue weighted by molar-refractivity contribution is -0.137. The van der Waals surface area contributed by atoms with Crippen LogP contribution in [0.4, 0.5) is 24.5 Å². The third-order valence-corrected chi connectivity index (χ3v) is 7.42. The molecule has 3 heterocycles. The van der Waals surface area contributed by atoms with E-state index in [0.717, 1.165) is 44.8 Å². The predicted octanol–water partition coefficient (Wildman–Crippen LogP) is 6.02. The summed E-state index contributed by atoms with van der Waals surface area (Å²) in [5.41, 5.74) is 1.82. The van der Waals surface area contributed by atoms with Gasteiger partial charge in [-0.2, -0.15) is 18.4 Å². The van der Waals surface area contributed by atoms with Gasteiger partial charge in [0.15, 0.2) is 0 Å². The van der Waals surface area contributed by atoms with Gasteiger partial charge in [-0.3, -0.25) is 0 Å². The Hall–Kier alpha value is -3.34. The summed E-state index contributed by atoms with van der Waals surface area (Å²) >= 11 is 0. The quantitative estimate of drug-likeness (QED) is 0.532. The Balaban J connectivity index is 1.17. The predicted molar refractivity (Wildman–Crippen MR) is 127 cm³/mol. The fraction of sp³-hybridized carbons (Fsp3) is 0.444. The molecular weight excluding hydrogens is 455 g/mol. The maximum Gasteiger partial charge on any atom is 0.417 e. The van der Waals surface area contributed by atoms with Crippen LogP contribution in [0.1, 0.15) is 48.3 Å². The first-order chi connectivity index (χ1) is 16.9. The number of ether oxygens (including phenoxy) is 2. The maximum atomic E-state index is 13.3. The molecule has 0 atom stereocenters. The van der Waals surface area contributed by atoms with Crippen LogP contribution in [0, 0.1) is 17.2 Å². The van der Waals surface area contributed by atoms with Gasteiger partial charge in [0.05, 0.1) is 17.2 Å². The lowest BCUT2D eigenvalue weighted by atomic mass is 9.88. The van der Waals surface area contributed by atoms with Gasteiger partial charge in [-0.15, -0.1) is 0 Å². The molecule has 0 spiro atoms. The number of alkyl halides is 3. The van der Waals surface area contributed by atoms with Crippen molar-refractivity contribution in [3.05, 3.63) is 71.7 Å². The van der Waals surface area contributed by atoms with Gasteiger partial charge >= 0.3 is 6.18 Å². The van der Waals surface area contributed by atoms with E-state index in [-0.39, 0.29) is 11.9 Å². The highest BCUT2D eigenvalue weighted by molar-refractivity contribution is 5.55. The summed E-state index contributed by atoms with van der Waals surface area (Å²) in [6.45, 7) is 3.30. The fourth-order valence-electron chi connectivity index (χ4n) is 5.39. The second-order valence-electron chi connectivity index (χ2n) is 9.43. The van der Waals surface area contributed by atoms with E-state index in [1.54, 1.807) is 24.7 Å². The van der Waals surface area contributed by atoms with Crippen LogP contribution in [0.3, 0.4) is 0 Å². The number of anilines is 2. The van der Waals surface area contributed by atoms with Crippen molar-refractivity contribution in [2.24, 2.45) is 5.92 Å². The van der Waals surface area contributed by atoms with E-state index in [2.05, 4.69) is 29.2 Å². The zero-order chi connectivity index (χ0) is 24.4. The van der Waals surface area contributed by atoms with Crippen molar-refractivity contribution in [2.75, 3.05) is 36.0 Å². The van der Waals surface area contributed by atoms with Crippen molar-refractivity contribution in [3.63, 3.8) is 0 Å². The van der Waals surface area contributed by atoms with Crippen LogP contribution in [0.25, 0.3) is 0 Å². The number of hydrogen-bond donors (Lipinski definition) is 0. The highest BCUT2D eigenvalue weighted by Gasteiger charge is 2.35. The van der Waals surface area contributed by atoms with E-state index < -0.39 is 11.7 Å². The molecule has 0 radical (unpaired) electrons. The Kier molecular flexibility index (Phi) is 6.50. The number of rotatable bonds is 4. The van der Waals surface area contributed by atoms with Crippen LogP contribution in [-0.4, -0.2) is 32.5 Å². The zero-order valence-corrected chi connectivity index (χ0v) is 19.4. The highest BCUT2D eigenvalue weighted by atomic mass is 19.4. The lowest BCUT2D eigenvalue weighted by Gasteiger charge is -2.36. The molecule has 2 saturated heterocycles. The average Bonchev–Trinajstić information content (AvgIpc) is 3.43. The van der Waals surface area contributed by atoms with Gasteiger partial charge in [0.2, 0.25) is 6.29 Å². The Bertz CT molecular complexity index is 1090. The molecule has 3 aliphatic heterocycles. The average molecular weight is 484 g/mol. The second-order valence-corrected chi connectivity index (χ2v) is 9.43. The van der Waals surface area contributed by atoms with Gasteiger partial charge in [0.25, 0.3) is 0 Å². The minimum absolute atomic E-state index is 0.144. The first-order valence-electron chi connectivity index (χ1n) is 12.1. The first-order valence-corrected chi connectivity index (χ1v) is 12.1. The highest BCUT2D eigenvalue weighted by Crippen LogP contribution is 2.37. The van der Waals surface area contributed by atoms with Gasteiger partial charge in [0, 0.05) is 43.5 Å². The molecule has 0 N–H and O–H groups in total. The Labute approximate surface area is 203 Å². The van der Waals surface area contributed by atoms with Crippen molar-refractivity contribution in [1.82, 2.24) is 0 Å². The van der Waals surface area contributed by atoms with E-state index in [9.17, 15) is 13.2 Å². The van der Waals surface area contributed by atoms with Crippen molar-refractivity contribution >= 4 is 11.4 Å². The van der Waals surface area contributed by atoms with Gasteiger partial charge in [-0.05, 0) is 67.5 Å². The lowest BCUT2D eigenvalue weighted by Crippen LogP contribution is -2.38. The van der Waals surface area contributed by atoms with Crippen LogP contribution in [0.5, 0.6) is 0 Å². The van der Waals surface area contributed by atoms with Crippen LogP contribution >= 0.6 is 0 Å².